The molecule has 1 aromatic rings. The zero-order valence-corrected chi connectivity index (χ0v) is 12.6. The maximum absolute atomic E-state index is 12.4. The van der Waals surface area contributed by atoms with Gasteiger partial charge in [0.15, 0.2) is 0 Å². The van der Waals surface area contributed by atoms with Crippen LogP contribution in [0, 0.1) is 5.92 Å². The first-order chi connectivity index (χ1) is 9.58. The van der Waals surface area contributed by atoms with Gasteiger partial charge in [-0.05, 0) is 31.9 Å². The number of para-hydroxylation sites is 1. The minimum absolute atomic E-state index is 0.0222. The van der Waals surface area contributed by atoms with E-state index in [0.29, 0.717) is 19.7 Å². The number of hydrogen-bond acceptors (Lipinski definition) is 3. The molecule has 1 amide bonds. The topological polar surface area (TPSA) is 41.6 Å². The minimum Gasteiger partial charge on any atom is -0.384 e. The Kier molecular flexibility index (Phi) is 5.01. The fourth-order valence-electron chi connectivity index (χ4n) is 2.46. The summed E-state index contributed by atoms with van der Waals surface area (Å²) in [5.41, 5.74) is 2.38. The molecule has 0 spiro atoms. The fourth-order valence-corrected chi connectivity index (χ4v) is 2.46. The van der Waals surface area contributed by atoms with Crippen LogP contribution in [-0.2, 0) is 16.0 Å². The Morgan fingerprint density at radius 2 is 2.20 bits per heavy atom. The highest BCUT2D eigenvalue weighted by molar-refractivity contribution is 5.80. The number of hydrogen-bond donors (Lipinski definition) is 1. The van der Waals surface area contributed by atoms with Gasteiger partial charge >= 0.3 is 0 Å². The molecule has 1 aliphatic heterocycles. The molecule has 110 valence electrons. The summed E-state index contributed by atoms with van der Waals surface area (Å²) in [6, 6.07) is 8.19. The number of likely N-dealkylation sites (N-methyl/N-ethyl adjacent to an activating group) is 1. The molecule has 1 aliphatic rings. The zero-order valence-electron chi connectivity index (χ0n) is 12.6. The maximum Gasteiger partial charge on any atom is 0.227 e. The molecule has 1 N–H and O–H groups in total. The number of amides is 1. The number of fused-ring (bicyclic) bond motifs is 1. The van der Waals surface area contributed by atoms with Gasteiger partial charge in [-0.2, -0.15) is 0 Å². The molecule has 0 radical (unpaired) electrons. The maximum atomic E-state index is 12.4. The lowest BCUT2D eigenvalue weighted by Crippen LogP contribution is -2.40. The van der Waals surface area contributed by atoms with Gasteiger partial charge in [-0.15, -0.1) is 0 Å². The van der Waals surface area contributed by atoms with Gasteiger partial charge in [0.1, 0.15) is 0 Å². The van der Waals surface area contributed by atoms with E-state index >= 15 is 0 Å². The monoisotopic (exact) mass is 276 g/mol. The van der Waals surface area contributed by atoms with Gasteiger partial charge in [0, 0.05) is 25.8 Å². The molecule has 0 aromatic heterocycles. The van der Waals surface area contributed by atoms with E-state index in [2.05, 4.69) is 17.4 Å². The standard InChI is InChI=1S/C16H24N2O2/c1-12(2)20-9-8-18(3)16(19)14-10-13-6-4-5-7-15(13)17-11-14/h4-7,12,14,17H,8-11H2,1-3H3. The number of carbonyl (C=O) groups is 1. The average molecular weight is 276 g/mol. The Balaban J connectivity index is 1.87. The smallest absolute Gasteiger partial charge is 0.227 e. The largest absolute Gasteiger partial charge is 0.384 e. The number of nitrogens with one attached hydrogen (secondary N) is 1. The second-order valence-corrected chi connectivity index (χ2v) is 5.62. The summed E-state index contributed by atoms with van der Waals surface area (Å²) in [6.07, 6.45) is 1.03. The predicted octanol–water partition coefficient (Wildman–Crippen LogP) is 2.15. The van der Waals surface area contributed by atoms with Crippen molar-refractivity contribution in [2.75, 3.05) is 32.1 Å². The average Bonchev–Trinajstić information content (AvgIpc) is 2.45. The van der Waals surface area contributed by atoms with Gasteiger partial charge in [0.25, 0.3) is 0 Å². The first kappa shape index (κ1) is 14.9. The fraction of sp³-hybridized carbons (Fsp3) is 0.562. The molecule has 0 aliphatic carbocycles. The molecular formula is C16H24N2O2. The van der Waals surface area contributed by atoms with Crippen molar-refractivity contribution in [1.29, 1.82) is 0 Å². The van der Waals surface area contributed by atoms with Crippen LogP contribution in [0.25, 0.3) is 0 Å². The normalized spacial score (nSPS) is 17.5. The predicted molar refractivity (Wildman–Crippen MR) is 80.9 cm³/mol. The highest BCUT2D eigenvalue weighted by Gasteiger charge is 2.26. The van der Waals surface area contributed by atoms with Crippen LogP contribution in [-0.4, -0.2) is 43.7 Å². The van der Waals surface area contributed by atoms with E-state index in [4.69, 9.17) is 4.74 Å². The third-order valence-electron chi connectivity index (χ3n) is 3.63. The third-order valence-corrected chi connectivity index (χ3v) is 3.63. The summed E-state index contributed by atoms with van der Waals surface area (Å²) < 4.78 is 5.50. The number of rotatable bonds is 5. The van der Waals surface area contributed by atoms with E-state index < -0.39 is 0 Å². The number of benzene rings is 1. The van der Waals surface area contributed by atoms with Crippen LogP contribution in [0.3, 0.4) is 0 Å². The molecule has 2 rings (SSSR count). The first-order valence-electron chi connectivity index (χ1n) is 7.26. The van der Waals surface area contributed by atoms with Crippen LogP contribution in [0.15, 0.2) is 24.3 Å². The molecule has 20 heavy (non-hydrogen) atoms. The summed E-state index contributed by atoms with van der Waals surface area (Å²) in [7, 11) is 1.85. The molecule has 0 fully saturated rings. The van der Waals surface area contributed by atoms with E-state index in [1.165, 1.54) is 5.56 Å². The first-order valence-corrected chi connectivity index (χ1v) is 7.26. The number of nitrogens with zero attached hydrogens (tertiary/aromatic N) is 1. The third kappa shape index (κ3) is 3.73. The Bertz CT molecular complexity index is 460. The summed E-state index contributed by atoms with van der Waals surface area (Å²) in [5, 5.41) is 3.34. The number of ether oxygens (including phenoxy) is 1. The van der Waals surface area contributed by atoms with Gasteiger partial charge < -0.3 is 15.0 Å². The summed E-state index contributed by atoms with van der Waals surface area (Å²) >= 11 is 0. The van der Waals surface area contributed by atoms with Crippen molar-refractivity contribution < 1.29 is 9.53 Å². The Morgan fingerprint density at radius 1 is 1.45 bits per heavy atom. The lowest BCUT2D eigenvalue weighted by atomic mass is 9.93. The molecule has 0 bridgehead atoms. The van der Waals surface area contributed by atoms with Crippen molar-refractivity contribution in [2.45, 2.75) is 26.4 Å². The molecule has 0 saturated heterocycles. The van der Waals surface area contributed by atoms with Crippen molar-refractivity contribution in [3.05, 3.63) is 29.8 Å². The Morgan fingerprint density at radius 3 is 2.95 bits per heavy atom. The van der Waals surface area contributed by atoms with Crippen LogP contribution in [0.2, 0.25) is 0 Å². The lowest BCUT2D eigenvalue weighted by Gasteiger charge is -2.29. The quantitative estimate of drug-likeness (QED) is 0.896. The van der Waals surface area contributed by atoms with Crippen LogP contribution < -0.4 is 5.32 Å². The lowest BCUT2D eigenvalue weighted by molar-refractivity contribution is -0.134. The van der Waals surface area contributed by atoms with Crippen molar-refractivity contribution in [1.82, 2.24) is 4.90 Å². The van der Waals surface area contributed by atoms with Crippen LogP contribution in [0.4, 0.5) is 5.69 Å². The second-order valence-electron chi connectivity index (χ2n) is 5.62. The van der Waals surface area contributed by atoms with Gasteiger partial charge in [0.2, 0.25) is 5.91 Å². The minimum atomic E-state index is 0.0222. The van der Waals surface area contributed by atoms with E-state index in [1.807, 2.05) is 33.0 Å². The van der Waals surface area contributed by atoms with Crippen LogP contribution in [0.1, 0.15) is 19.4 Å². The zero-order chi connectivity index (χ0) is 14.5. The number of anilines is 1. The summed E-state index contributed by atoms with van der Waals surface area (Å²) in [5.74, 6) is 0.216. The summed E-state index contributed by atoms with van der Waals surface area (Å²) in [6.45, 7) is 5.96. The Hall–Kier alpha value is -1.55. The van der Waals surface area contributed by atoms with E-state index in [9.17, 15) is 4.79 Å². The van der Waals surface area contributed by atoms with Crippen molar-refractivity contribution in [3.63, 3.8) is 0 Å². The van der Waals surface area contributed by atoms with Gasteiger partial charge in [-0.25, -0.2) is 0 Å². The van der Waals surface area contributed by atoms with E-state index in [0.717, 1.165) is 12.1 Å². The second kappa shape index (κ2) is 6.75. The SMILES string of the molecule is CC(C)OCCN(C)C(=O)C1CNc2ccccc2C1. The molecular weight excluding hydrogens is 252 g/mol. The molecule has 1 unspecified atom stereocenters. The molecule has 1 atom stereocenters. The molecule has 0 saturated carbocycles. The van der Waals surface area contributed by atoms with Crippen molar-refractivity contribution >= 4 is 11.6 Å². The van der Waals surface area contributed by atoms with E-state index in [-0.39, 0.29) is 17.9 Å². The highest BCUT2D eigenvalue weighted by Crippen LogP contribution is 2.25. The summed E-state index contributed by atoms with van der Waals surface area (Å²) in [4.78, 5) is 14.2. The van der Waals surface area contributed by atoms with Crippen LogP contribution in [0.5, 0.6) is 0 Å². The molecule has 4 heteroatoms. The van der Waals surface area contributed by atoms with Gasteiger partial charge in [0.05, 0.1) is 18.6 Å². The number of carbonyl (C=O) groups excluding carboxylic acids is 1. The van der Waals surface area contributed by atoms with E-state index in [1.54, 1.807) is 4.90 Å². The van der Waals surface area contributed by atoms with Crippen molar-refractivity contribution in [3.8, 4) is 0 Å². The molecule has 1 aromatic carbocycles. The van der Waals surface area contributed by atoms with Gasteiger partial charge in [-0.1, -0.05) is 18.2 Å². The molecule has 4 nitrogen and oxygen atoms in total. The van der Waals surface area contributed by atoms with Gasteiger partial charge in [-0.3, -0.25) is 4.79 Å². The Labute approximate surface area is 121 Å². The highest BCUT2D eigenvalue weighted by atomic mass is 16.5. The molecule has 1 heterocycles. The van der Waals surface area contributed by atoms with Crippen molar-refractivity contribution in [2.24, 2.45) is 5.92 Å². The van der Waals surface area contributed by atoms with Crippen LogP contribution >= 0.6 is 0 Å².